The first-order chi connectivity index (χ1) is 13.4. The van der Waals surface area contributed by atoms with E-state index in [4.69, 9.17) is 0 Å². The predicted octanol–water partition coefficient (Wildman–Crippen LogP) is 5.23. The van der Waals surface area contributed by atoms with E-state index in [1.807, 2.05) is 41.9 Å². The Labute approximate surface area is 187 Å². The summed E-state index contributed by atoms with van der Waals surface area (Å²) < 4.78 is 0. The fraction of sp³-hybridized carbons (Fsp3) is 0. The molecule has 1 nitrogen and oxygen atoms in total. The Morgan fingerprint density at radius 1 is 0.750 bits per heavy atom. The topological polar surface area (TPSA) is 12.9 Å². The van der Waals surface area contributed by atoms with Gasteiger partial charge in [-0.2, -0.15) is 0 Å². The first-order valence-corrected chi connectivity index (χ1v) is 11.7. The summed E-state index contributed by atoms with van der Waals surface area (Å²) in [6, 6.07) is 29.8. The van der Waals surface area contributed by atoms with Crippen LogP contribution >= 0.6 is 31.4 Å². The van der Waals surface area contributed by atoms with E-state index in [1.165, 1.54) is 35.5 Å². The molecule has 1 unspecified atom stereocenters. The van der Waals surface area contributed by atoms with Crippen molar-refractivity contribution in [1.29, 1.82) is 0 Å². The molecule has 0 saturated heterocycles. The first-order valence-electron chi connectivity index (χ1n) is 8.74. The van der Waals surface area contributed by atoms with Crippen LogP contribution in [0.1, 0.15) is 0 Å². The van der Waals surface area contributed by atoms with Crippen LogP contribution in [0.25, 0.3) is 11.3 Å². The molecule has 0 aliphatic carbocycles. The summed E-state index contributed by atoms with van der Waals surface area (Å²) in [6.45, 7) is 0. The summed E-state index contributed by atoms with van der Waals surface area (Å²) in [5, 5.41) is 4.41. The van der Waals surface area contributed by atoms with Crippen LogP contribution < -0.4 is 15.9 Å². The number of hydrogen-bond donors (Lipinski definition) is 0. The van der Waals surface area contributed by atoms with E-state index < -0.39 is 7.92 Å². The number of hydrogen-bond acceptors (Lipinski definition) is 3. The van der Waals surface area contributed by atoms with Crippen molar-refractivity contribution in [1.82, 2.24) is 4.98 Å². The van der Waals surface area contributed by atoms with Gasteiger partial charge < -0.3 is 4.98 Å². The molecule has 0 N–H and O–H groups in total. The Hall–Kier alpha value is -1.41. The molecule has 2 aliphatic rings. The van der Waals surface area contributed by atoms with E-state index in [-0.39, 0.29) is 20.1 Å². The summed E-state index contributed by atoms with van der Waals surface area (Å²) in [7, 11) is -0.526. The van der Waals surface area contributed by atoms with Crippen molar-refractivity contribution in [2.45, 2.75) is 19.6 Å². The van der Waals surface area contributed by atoms with Gasteiger partial charge in [-0.3, -0.25) is 0 Å². The average Bonchev–Trinajstić information content (AvgIpc) is 2.74. The molecule has 0 fully saturated rings. The van der Waals surface area contributed by atoms with Gasteiger partial charge in [-0.25, -0.2) is 0 Å². The average molecular weight is 591 g/mol. The van der Waals surface area contributed by atoms with Gasteiger partial charge in [0.25, 0.3) is 0 Å². The van der Waals surface area contributed by atoms with Crippen LogP contribution in [0.4, 0.5) is 0 Å². The van der Waals surface area contributed by atoms with E-state index in [9.17, 15) is 0 Å². The Balaban J connectivity index is 0.00000171. The van der Waals surface area contributed by atoms with Crippen molar-refractivity contribution < 1.29 is 20.1 Å². The van der Waals surface area contributed by atoms with Crippen molar-refractivity contribution in [3.05, 3.63) is 85.1 Å². The maximum absolute atomic E-state index is 4.55. The zero-order valence-electron chi connectivity index (χ0n) is 14.5. The predicted molar refractivity (Wildman–Crippen MR) is 115 cm³/mol. The van der Waals surface area contributed by atoms with Gasteiger partial charge in [-0.05, 0) is 34.5 Å². The smallest absolute Gasteiger partial charge is 0.0182 e. The molecule has 1 aromatic heterocycles. The molecule has 4 aromatic rings. The molecule has 0 saturated carbocycles. The zero-order chi connectivity index (χ0) is 17.8. The molecular formula is C23H13IrNPS2-. The van der Waals surface area contributed by atoms with Crippen molar-refractivity contribution in [2.75, 3.05) is 0 Å². The maximum Gasteiger partial charge on any atom is 0.0182 e. The summed E-state index contributed by atoms with van der Waals surface area (Å²) >= 11 is 3.74. The normalized spacial score (nSPS) is 15.6. The third-order valence-electron chi connectivity index (χ3n) is 4.78. The molecule has 2 aliphatic heterocycles. The minimum absolute atomic E-state index is 0. The zero-order valence-corrected chi connectivity index (χ0v) is 19.5. The van der Waals surface area contributed by atoms with Crippen LogP contribution in [0.5, 0.6) is 0 Å². The third kappa shape index (κ3) is 2.91. The van der Waals surface area contributed by atoms with Crippen LogP contribution in [-0.4, -0.2) is 4.98 Å². The molecular weight excluding hydrogens is 578 g/mol. The van der Waals surface area contributed by atoms with E-state index in [2.05, 4.69) is 71.7 Å². The molecule has 3 heterocycles. The number of pyridine rings is 1. The minimum Gasteiger partial charge on any atom is -0.305 e. The Morgan fingerprint density at radius 3 is 2.14 bits per heavy atom. The fourth-order valence-corrected chi connectivity index (χ4v) is 9.50. The summed E-state index contributed by atoms with van der Waals surface area (Å²) in [5.74, 6) is 0. The molecule has 1 radical (unpaired) electrons. The Kier molecular flexibility index (Phi) is 4.95. The molecule has 137 valence electrons. The molecule has 5 heteroatoms. The van der Waals surface area contributed by atoms with E-state index in [1.54, 1.807) is 0 Å². The number of rotatable bonds is 1. The number of nitrogens with zero attached hydrogens (tertiary/aromatic N) is 1. The Bertz CT molecular complexity index is 1130. The second-order valence-electron chi connectivity index (χ2n) is 6.41. The minimum atomic E-state index is -0.526. The first kappa shape index (κ1) is 18.6. The van der Waals surface area contributed by atoms with Gasteiger partial charge in [0.05, 0.1) is 0 Å². The molecule has 0 amide bonds. The van der Waals surface area contributed by atoms with Gasteiger partial charge in [0.1, 0.15) is 0 Å². The number of aromatic nitrogens is 1. The van der Waals surface area contributed by atoms with Crippen molar-refractivity contribution >= 4 is 47.4 Å². The molecule has 1 atom stereocenters. The van der Waals surface area contributed by atoms with Crippen molar-refractivity contribution in [2.24, 2.45) is 0 Å². The van der Waals surface area contributed by atoms with Crippen LogP contribution in [0.15, 0.2) is 98.6 Å². The monoisotopic (exact) mass is 591 g/mol. The fourth-order valence-electron chi connectivity index (χ4n) is 3.61. The van der Waals surface area contributed by atoms with Gasteiger partial charge in [0, 0.05) is 36.1 Å². The van der Waals surface area contributed by atoms with Gasteiger partial charge >= 0.3 is 0 Å². The maximum atomic E-state index is 4.55. The van der Waals surface area contributed by atoms with Crippen molar-refractivity contribution in [3.8, 4) is 11.3 Å². The molecule has 6 rings (SSSR count). The number of fused-ring (bicyclic) bond motifs is 4. The third-order valence-corrected chi connectivity index (χ3v) is 10.2. The van der Waals surface area contributed by atoms with E-state index in [0.29, 0.717) is 0 Å². The van der Waals surface area contributed by atoms with Crippen LogP contribution in [0.2, 0.25) is 0 Å². The SMILES string of the molecule is [Ir].[c-]1c(-c2ccccn2)cc2c3c1Sc1ccccc1P3c1ccccc1S2. The summed E-state index contributed by atoms with van der Waals surface area (Å²) in [6.07, 6.45) is 1.85. The second kappa shape index (κ2) is 7.44. The molecule has 28 heavy (non-hydrogen) atoms. The van der Waals surface area contributed by atoms with Crippen LogP contribution in [0, 0.1) is 6.07 Å². The number of benzene rings is 3. The summed E-state index contributed by atoms with van der Waals surface area (Å²) in [5.41, 5.74) is 2.07. The van der Waals surface area contributed by atoms with Crippen LogP contribution in [-0.2, 0) is 20.1 Å². The summed E-state index contributed by atoms with van der Waals surface area (Å²) in [4.78, 5) is 9.91. The van der Waals surface area contributed by atoms with Crippen LogP contribution in [0.3, 0.4) is 0 Å². The van der Waals surface area contributed by atoms with Crippen molar-refractivity contribution in [3.63, 3.8) is 0 Å². The quantitative estimate of drug-likeness (QED) is 0.192. The largest absolute Gasteiger partial charge is 0.305 e. The second-order valence-corrected chi connectivity index (χ2v) is 10.6. The molecule has 0 bridgehead atoms. The molecule has 3 aromatic carbocycles. The van der Waals surface area contributed by atoms with Gasteiger partial charge in [0.15, 0.2) is 0 Å². The van der Waals surface area contributed by atoms with E-state index in [0.717, 1.165) is 11.3 Å². The van der Waals surface area contributed by atoms with Gasteiger partial charge in [-0.1, -0.05) is 71.5 Å². The van der Waals surface area contributed by atoms with Gasteiger partial charge in [0.2, 0.25) is 0 Å². The molecule has 0 spiro atoms. The van der Waals surface area contributed by atoms with Gasteiger partial charge in [-0.15, -0.1) is 41.2 Å². The standard InChI is InChI=1S/C23H13NPS2.Ir/c1-3-10-19-17(8-1)25-18-9-2-4-11-20(18)27-22-14-15(13-21(26-19)23(22)25)16-7-5-6-12-24-16;/h1-13H;/q-1;. The van der Waals surface area contributed by atoms with E-state index >= 15 is 0 Å². The Morgan fingerprint density at radius 2 is 1.43 bits per heavy atom.